The van der Waals surface area contributed by atoms with Crippen LogP contribution in [0.25, 0.3) is 0 Å². The molecule has 1 N–H and O–H groups in total. The maximum atomic E-state index is 16.7. The van der Waals surface area contributed by atoms with Gasteiger partial charge in [0.15, 0.2) is 5.78 Å². The smallest absolute Gasteiger partial charge is 0.311 e. The van der Waals surface area contributed by atoms with Gasteiger partial charge in [-0.1, -0.05) is 13.0 Å². The highest BCUT2D eigenvalue weighted by Crippen LogP contribution is 2.68. The third-order valence-electron chi connectivity index (χ3n) is 8.50. The Hall–Kier alpha value is -1.56. The van der Waals surface area contributed by atoms with Crippen molar-refractivity contribution in [1.82, 2.24) is 0 Å². The molecule has 3 fully saturated rings. The van der Waals surface area contributed by atoms with Gasteiger partial charge in [0.25, 0.3) is 0 Å². The van der Waals surface area contributed by atoms with Gasteiger partial charge in [-0.2, -0.15) is 0 Å². The van der Waals surface area contributed by atoms with Gasteiger partial charge in [0.1, 0.15) is 17.9 Å². The fourth-order valence-electron chi connectivity index (χ4n) is 6.55. The Bertz CT molecular complexity index is 792. The zero-order chi connectivity index (χ0) is 21.2. The summed E-state index contributed by atoms with van der Waals surface area (Å²) in [6.07, 6.45) is 4.69. The molecule has 0 aromatic rings. The monoisotopic (exact) mass is 408 g/mol. The highest BCUT2D eigenvalue weighted by atomic mass is 19.1. The number of hydrogen-bond donors (Lipinski definition) is 1. The van der Waals surface area contributed by atoms with Gasteiger partial charge in [-0.05, 0) is 69.6 Å². The van der Waals surface area contributed by atoms with Crippen LogP contribution in [0.1, 0.15) is 52.9 Å². The summed E-state index contributed by atoms with van der Waals surface area (Å²) in [6, 6.07) is 0. The first-order chi connectivity index (χ1) is 13.6. The molecule has 160 valence electrons. The van der Waals surface area contributed by atoms with E-state index in [-0.39, 0.29) is 42.8 Å². The van der Waals surface area contributed by atoms with Crippen molar-refractivity contribution < 1.29 is 28.2 Å². The standard InChI is InChI=1S/C23H30F2O4/c1-13(12-26)20(28)29-19-5-4-15-16-11-18(24)17-10-14(27)6-7-22(17,3)23(16,25)9-8-21(15,19)2/h6-7,10,13,15-16,18-19,26H,4-5,8-9,11-12H2,1-3H3/t13?,15-,16-,18-,19+,21-,22-,23+/m0/s1. The van der Waals surface area contributed by atoms with Crippen LogP contribution < -0.4 is 0 Å². The summed E-state index contributed by atoms with van der Waals surface area (Å²) in [5, 5.41) is 9.22. The van der Waals surface area contributed by atoms with Crippen LogP contribution in [0.5, 0.6) is 0 Å². The molecule has 1 unspecified atom stereocenters. The van der Waals surface area contributed by atoms with Gasteiger partial charge in [-0.25, -0.2) is 8.78 Å². The van der Waals surface area contributed by atoms with Crippen LogP contribution in [0, 0.1) is 28.6 Å². The number of aliphatic hydroxyl groups excluding tert-OH is 1. The van der Waals surface area contributed by atoms with E-state index < -0.39 is 40.5 Å². The molecule has 4 aliphatic carbocycles. The Kier molecular flexibility index (Phi) is 4.80. The Morgan fingerprint density at radius 1 is 1.31 bits per heavy atom. The van der Waals surface area contributed by atoms with Gasteiger partial charge in [0.05, 0.1) is 12.5 Å². The Labute approximate surface area is 170 Å². The van der Waals surface area contributed by atoms with Gasteiger partial charge in [-0.15, -0.1) is 0 Å². The van der Waals surface area contributed by atoms with Crippen molar-refractivity contribution in [2.75, 3.05) is 6.61 Å². The molecule has 0 aromatic heterocycles. The highest BCUT2D eigenvalue weighted by molar-refractivity contribution is 6.01. The number of esters is 1. The molecule has 8 atom stereocenters. The molecule has 0 amide bonds. The number of halogens is 2. The van der Waals surface area contributed by atoms with E-state index in [1.54, 1.807) is 19.9 Å². The number of carbonyl (C=O) groups excluding carboxylic acids is 2. The zero-order valence-corrected chi connectivity index (χ0v) is 17.3. The Balaban J connectivity index is 1.65. The molecule has 29 heavy (non-hydrogen) atoms. The van der Waals surface area contributed by atoms with Crippen LogP contribution in [0.4, 0.5) is 8.78 Å². The first-order valence-corrected chi connectivity index (χ1v) is 10.7. The van der Waals surface area contributed by atoms with Crippen molar-refractivity contribution >= 4 is 11.8 Å². The molecule has 0 spiro atoms. The van der Waals surface area contributed by atoms with E-state index in [9.17, 15) is 14.7 Å². The summed E-state index contributed by atoms with van der Waals surface area (Å²) in [5.41, 5.74) is -2.88. The molecular weight excluding hydrogens is 378 g/mol. The minimum Gasteiger partial charge on any atom is -0.462 e. The third kappa shape index (κ3) is 2.77. The Morgan fingerprint density at radius 2 is 2.03 bits per heavy atom. The number of aliphatic hydroxyl groups is 1. The van der Waals surface area contributed by atoms with Gasteiger partial charge in [-0.3, -0.25) is 9.59 Å². The van der Waals surface area contributed by atoms with Gasteiger partial charge in [0.2, 0.25) is 0 Å². The number of allylic oxidation sites excluding steroid dienone is 4. The van der Waals surface area contributed by atoms with Crippen LogP contribution >= 0.6 is 0 Å². The van der Waals surface area contributed by atoms with Crippen molar-refractivity contribution in [1.29, 1.82) is 0 Å². The molecular formula is C23H30F2O4. The van der Waals surface area contributed by atoms with Crippen molar-refractivity contribution in [3.63, 3.8) is 0 Å². The number of ketones is 1. The molecule has 6 heteroatoms. The zero-order valence-electron chi connectivity index (χ0n) is 17.3. The predicted molar refractivity (Wildman–Crippen MR) is 103 cm³/mol. The number of fused-ring (bicyclic) bond motifs is 5. The number of carbonyl (C=O) groups is 2. The minimum atomic E-state index is -1.62. The average Bonchev–Trinajstić information content (AvgIpc) is 3.01. The normalized spacial score (nSPS) is 47.0. The van der Waals surface area contributed by atoms with Crippen molar-refractivity contribution in [3.8, 4) is 0 Å². The van der Waals surface area contributed by atoms with E-state index in [1.807, 2.05) is 6.92 Å². The van der Waals surface area contributed by atoms with Gasteiger partial charge >= 0.3 is 5.97 Å². The molecule has 0 radical (unpaired) electrons. The summed E-state index contributed by atoms with van der Waals surface area (Å²) in [4.78, 5) is 24.1. The lowest BCUT2D eigenvalue weighted by Gasteiger charge is -2.60. The quantitative estimate of drug-likeness (QED) is 0.720. The molecule has 0 aromatic carbocycles. The largest absolute Gasteiger partial charge is 0.462 e. The average molecular weight is 408 g/mol. The first kappa shape index (κ1) is 20.7. The van der Waals surface area contributed by atoms with Gasteiger partial charge < -0.3 is 9.84 Å². The lowest BCUT2D eigenvalue weighted by molar-refractivity contribution is -0.174. The van der Waals surface area contributed by atoms with Crippen molar-refractivity contribution in [2.45, 2.75) is 70.8 Å². The highest BCUT2D eigenvalue weighted by Gasteiger charge is 2.68. The molecule has 0 heterocycles. The number of alkyl halides is 2. The summed E-state index contributed by atoms with van der Waals surface area (Å²) in [7, 11) is 0. The number of ether oxygens (including phenoxy) is 1. The fraction of sp³-hybridized carbons (Fsp3) is 0.739. The van der Waals surface area contributed by atoms with Gasteiger partial charge in [0, 0.05) is 16.7 Å². The maximum absolute atomic E-state index is 16.7. The van der Waals surface area contributed by atoms with Crippen LogP contribution in [-0.4, -0.2) is 41.4 Å². The molecule has 4 rings (SSSR count). The van der Waals surface area contributed by atoms with E-state index in [4.69, 9.17) is 4.74 Å². The van der Waals surface area contributed by atoms with Crippen molar-refractivity contribution in [3.05, 3.63) is 23.8 Å². The lowest BCUT2D eigenvalue weighted by atomic mass is 9.46. The van der Waals surface area contributed by atoms with Crippen LogP contribution in [0.3, 0.4) is 0 Å². The predicted octanol–water partition coefficient (Wildman–Crippen LogP) is 3.87. The van der Waals surface area contributed by atoms with Crippen LogP contribution in [0.15, 0.2) is 23.8 Å². The molecule has 0 saturated heterocycles. The van der Waals surface area contributed by atoms with Crippen LogP contribution in [0.2, 0.25) is 0 Å². The fourth-order valence-corrected chi connectivity index (χ4v) is 6.55. The number of hydrogen-bond acceptors (Lipinski definition) is 4. The second-order valence-corrected chi connectivity index (χ2v) is 9.91. The molecule has 4 aliphatic rings. The van der Waals surface area contributed by atoms with E-state index in [2.05, 4.69) is 0 Å². The summed E-state index contributed by atoms with van der Waals surface area (Å²) in [6.45, 7) is 5.10. The lowest BCUT2D eigenvalue weighted by Crippen LogP contribution is -2.62. The van der Waals surface area contributed by atoms with E-state index in [0.717, 1.165) is 0 Å². The molecule has 0 bridgehead atoms. The van der Waals surface area contributed by atoms with E-state index >= 15 is 8.78 Å². The Morgan fingerprint density at radius 3 is 2.72 bits per heavy atom. The van der Waals surface area contributed by atoms with Crippen molar-refractivity contribution in [2.24, 2.45) is 28.6 Å². The second-order valence-electron chi connectivity index (χ2n) is 9.91. The summed E-state index contributed by atoms with van der Waals surface area (Å²) in [5.74, 6) is -1.90. The topological polar surface area (TPSA) is 63.6 Å². The summed E-state index contributed by atoms with van der Waals surface area (Å²) >= 11 is 0. The first-order valence-electron chi connectivity index (χ1n) is 10.7. The second kappa shape index (κ2) is 6.73. The third-order valence-corrected chi connectivity index (χ3v) is 8.50. The number of rotatable bonds is 3. The minimum absolute atomic E-state index is 0.0625. The summed E-state index contributed by atoms with van der Waals surface area (Å²) < 4.78 is 37.6. The molecule has 4 nitrogen and oxygen atoms in total. The van der Waals surface area contributed by atoms with E-state index in [1.165, 1.54) is 12.2 Å². The van der Waals surface area contributed by atoms with Crippen LogP contribution in [-0.2, 0) is 14.3 Å². The SMILES string of the molecule is CC(CO)C(=O)O[C@@H]1CC[C@H]2[C@@H]3C[C@H](F)C4=CC(=O)C=C[C@]4(C)[C@@]3(F)CC[C@]12C. The molecule has 0 aliphatic heterocycles. The molecule has 3 saturated carbocycles. The maximum Gasteiger partial charge on any atom is 0.311 e. The van der Waals surface area contributed by atoms with E-state index in [0.29, 0.717) is 19.3 Å².